The summed E-state index contributed by atoms with van der Waals surface area (Å²) in [6.07, 6.45) is 3.41. The van der Waals surface area contributed by atoms with Crippen molar-refractivity contribution in [2.24, 2.45) is 0 Å². The molecular weight excluding hydrogens is 420 g/mol. The van der Waals surface area contributed by atoms with Crippen LogP contribution in [0.15, 0.2) is 48.0 Å². The first-order chi connectivity index (χ1) is 16.0. The quantitative estimate of drug-likeness (QED) is 0.658. The summed E-state index contributed by atoms with van der Waals surface area (Å²) in [4.78, 5) is 40.7. The summed E-state index contributed by atoms with van der Waals surface area (Å²) in [6.45, 7) is 4.08. The zero-order valence-corrected chi connectivity index (χ0v) is 19.0. The van der Waals surface area contributed by atoms with Crippen LogP contribution in [0.4, 0.5) is 4.79 Å². The number of methoxy groups -OCH3 is 1. The van der Waals surface area contributed by atoms with Gasteiger partial charge in [0.05, 0.1) is 25.8 Å². The Morgan fingerprint density at radius 3 is 2.27 bits per heavy atom. The van der Waals surface area contributed by atoms with E-state index in [2.05, 4.69) is 0 Å². The van der Waals surface area contributed by atoms with Crippen molar-refractivity contribution in [2.45, 2.75) is 26.3 Å². The van der Waals surface area contributed by atoms with Gasteiger partial charge in [-0.25, -0.2) is 9.59 Å². The van der Waals surface area contributed by atoms with Gasteiger partial charge < -0.3 is 14.4 Å². The summed E-state index contributed by atoms with van der Waals surface area (Å²) in [5.74, 6) is -0.375. The van der Waals surface area contributed by atoms with E-state index in [1.165, 1.54) is 12.0 Å². The summed E-state index contributed by atoms with van der Waals surface area (Å²) in [5.41, 5.74) is 4.76. The molecular formula is C26H28N2O5. The maximum Gasteiger partial charge on any atom is 0.410 e. The van der Waals surface area contributed by atoms with Gasteiger partial charge in [0, 0.05) is 25.2 Å². The van der Waals surface area contributed by atoms with Crippen molar-refractivity contribution < 1.29 is 23.9 Å². The highest BCUT2D eigenvalue weighted by Crippen LogP contribution is 2.28. The van der Waals surface area contributed by atoms with Gasteiger partial charge in [-0.3, -0.25) is 9.69 Å². The predicted molar refractivity (Wildman–Crippen MR) is 124 cm³/mol. The highest BCUT2D eigenvalue weighted by Gasteiger charge is 2.25. The van der Waals surface area contributed by atoms with Crippen LogP contribution in [0.1, 0.15) is 41.3 Å². The van der Waals surface area contributed by atoms with Crippen molar-refractivity contribution in [3.05, 3.63) is 64.7 Å². The van der Waals surface area contributed by atoms with Gasteiger partial charge in [-0.15, -0.1) is 0 Å². The molecule has 0 radical (unpaired) electrons. The molecule has 0 aliphatic carbocycles. The summed E-state index contributed by atoms with van der Waals surface area (Å²) < 4.78 is 10.1. The Labute approximate surface area is 193 Å². The topological polar surface area (TPSA) is 76.2 Å². The van der Waals surface area contributed by atoms with Crippen LogP contribution in [-0.2, 0) is 20.8 Å². The average Bonchev–Trinajstić information content (AvgIpc) is 3.31. The van der Waals surface area contributed by atoms with Crippen LogP contribution in [0.5, 0.6) is 0 Å². The maximum atomic E-state index is 12.6. The zero-order valence-electron chi connectivity index (χ0n) is 19.0. The minimum Gasteiger partial charge on any atom is -0.463 e. The summed E-state index contributed by atoms with van der Waals surface area (Å²) in [7, 11) is 1.32. The summed E-state index contributed by atoms with van der Waals surface area (Å²) in [5, 5.41) is 0. The van der Waals surface area contributed by atoms with E-state index in [1.807, 2.05) is 47.4 Å². The number of carbonyl (C=O) groups excluding carboxylic acids is 3. The molecule has 0 aromatic heterocycles. The number of nitrogens with zero attached hydrogens (tertiary/aromatic N) is 2. The second kappa shape index (κ2) is 9.90. The van der Waals surface area contributed by atoms with Crippen LogP contribution >= 0.6 is 0 Å². The number of amides is 2. The van der Waals surface area contributed by atoms with E-state index in [1.54, 1.807) is 13.0 Å². The lowest BCUT2D eigenvalue weighted by Gasteiger charge is -2.20. The minimum absolute atomic E-state index is 0.0749. The molecule has 0 saturated carbocycles. The van der Waals surface area contributed by atoms with E-state index in [0.29, 0.717) is 17.7 Å². The fourth-order valence-electron chi connectivity index (χ4n) is 4.27. The predicted octanol–water partition coefficient (Wildman–Crippen LogP) is 4.12. The number of esters is 1. The zero-order chi connectivity index (χ0) is 23.4. The molecule has 2 aliphatic rings. The average molecular weight is 449 g/mol. The smallest absolute Gasteiger partial charge is 0.410 e. The molecule has 4 rings (SSSR count). The van der Waals surface area contributed by atoms with E-state index < -0.39 is 12.1 Å². The third-order valence-electron chi connectivity index (χ3n) is 6.03. The molecule has 0 N–H and O–H groups in total. The van der Waals surface area contributed by atoms with Gasteiger partial charge in [-0.2, -0.15) is 0 Å². The molecule has 0 atom stereocenters. The molecule has 0 spiro atoms. The molecule has 172 valence electrons. The van der Waals surface area contributed by atoms with Crippen molar-refractivity contribution in [1.82, 2.24) is 9.80 Å². The van der Waals surface area contributed by atoms with Gasteiger partial charge in [0.2, 0.25) is 0 Å². The van der Waals surface area contributed by atoms with Gasteiger partial charge in [0.25, 0.3) is 5.91 Å². The first-order valence-corrected chi connectivity index (χ1v) is 11.2. The van der Waals surface area contributed by atoms with Crippen molar-refractivity contribution in [3.8, 4) is 11.1 Å². The lowest BCUT2D eigenvalue weighted by atomic mass is 9.97. The van der Waals surface area contributed by atoms with E-state index in [9.17, 15) is 14.4 Å². The number of hydrogen-bond acceptors (Lipinski definition) is 5. The molecule has 2 aromatic carbocycles. The van der Waals surface area contributed by atoms with Crippen LogP contribution in [0, 0.1) is 0 Å². The van der Waals surface area contributed by atoms with Crippen molar-refractivity contribution in [2.75, 3.05) is 33.4 Å². The van der Waals surface area contributed by atoms with Crippen molar-refractivity contribution >= 4 is 24.0 Å². The van der Waals surface area contributed by atoms with Crippen molar-refractivity contribution in [3.63, 3.8) is 0 Å². The molecule has 2 heterocycles. The largest absolute Gasteiger partial charge is 0.463 e. The molecule has 2 aliphatic heterocycles. The fraction of sp³-hybridized carbons (Fsp3) is 0.346. The van der Waals surface area contributed by atoms with Crippen LogP contribution in [0.3, 0.4) is 0 Å². The van der Waals surface area contributed by atoms with Crippen LogP contribution in [0.25, 0.3) is 17.2 Å². The van der Waals surface area contributed by atoms with Crippen LogP contribution in [-0.4, -0.2) is 61.1 Å². The SMILES string of the molecule is CCOC(=O)C1=Cc2cc(-c3ccc(C(=O)N4CCCC4)cc3)ccc2CN(C(=O)OC)C1. The fourth-order valence-corrected chi connectivity index (χ4v) is 4.27. The molecule has 1 fully saturated rings. The summed E-state index contributed by atoms with van der Waals surface area (Å²) in [6, 6.07) is 13.5. The number of hydrogen-bond donors (Lipinski definition) is 0. The number of fused-ring (bicyclic) bond motifs is 1. The number of carbonyl (C=O) groups is 3. The lowest BCUT2D eigenvalue weighted by molar-refractivity contribution is -0.138. The Balaban J connectivity index is 1.63. The first kappa shape index (κ1) is 22.6. The molecule has 0 unspecified atom stereocenters. The van der Waals surface area contributed by atoms with Gasteiger partial charge in [-0.05, 0) is 66.3 Å². The van der Waals surface area contributed by atoms with Crippen LogP contribution in [0.2, 0.25) is 0 Å². The van der Waals surface area contributed by atoms with Crippen molar-refractivity contribution in [1.29, 1.82) is 0 Å². The highest BCUT2D eigenvalue weighted by atomic mass is 16.5. The Hall–Kier alpha value is -3.61. The number of likely N-dealkylation sites (tertiary alicyclic amines) is 1. The van der Waals surface area contributed by atoms with Crippen LogP contribution < -0.4 is 0 Å². The second-order valence-corrected chi connectivity index (χ2v) is 8.21. The number of ether oxygens (including phenoxy) is 2. The molecule has 7 nitrogen and oxygen atoms in total. The maximum absolute atomic E-state index is 12.6. The number of benzene rings is 2. The molecule has 2 amide bonds. The van der Waals surface area contributed by atoms with Gasteiger partial charge in [0.1, 0.15) is 0 Å². The Morgan fingerprint density at radius 2 is 1.61 bits per heavy atom. The molecule has 33 heavy (non-hydrogen) atoms. The standard InChI is InChI=1S/C26H28N2O5/c1-3-33-25(30)23-15-22-14-20(10-11-21(22)16-28(17-23)26(31)32-2)18-6-8-19(9-7-18)24(29)27-12-4-5-13-27/h6-11,14-15H,3-5,12-13,16-17H2,1-2H3. The second-order valence-electron chi connectivity index (χ2n) is 8.21. The Morgan fingerprint density at radius 1 is 0.909 bits per heavy atom. The summed E-state index contributed by atoms with van der Waals surface area (Å²) >= 11 is 0. The highest BCUT2D eigenvalue weighted by molar-refractivity contribution is 5.96. The molecule has 7 heteroatoms. The molecule has 1 saturated heterocycles. The minimum atomic E-state index is -0.500. The third kappa shape index (κ3) is 4.92. The Kier molecular flexibility index (Phi) is 6.77. The third-order valence-corrected chi connectivity index (χ3v) is 6.03. The van der Waals surface area contributed by atoms with E-state index in [-0.39, 0.29) is 19.1 Å². The van der Waals surface area contributed by atoms with Gasteiger partial charge in [0.15, 0.2) is 0 Å². The van der Waals surface area contributed by atoms with Gasteiger partial charge >= 0.3 is 12.1 Å². The van der Waals surface area contributed by atoms with E-state index >= 15 is 0 Å². The molecule has 0 bridgehead atoms. The molecule has 2 aromatic rings. The normalized spacial score (nSPS) is 15.4. The van der Waals surface area contributed by atoms with E-state index in [0.717, 1.165) is 48.2 Å². The van der Waals surface area contributed by atoms with Gasteiger partial charge in [-0.1, -0.05) is 24.3 Å². The Bertz CT molecular complexity index is 1080. The number of rotatable bonds is 4. The first-order valence-electron chi connectivity index (χ1n) is 11.2. The monoisotopic (exact) mass is 448 g/mol. The van der Waals surface area contributed by atoms with E-state index in [4.69, 9.17) is 9.47 Å². The lowest BCUT2D eigenvalue weighted by Crippen LogP contribution is -2.33.